The highest BCUT2D eigenvalue weighted by molar-refractivity contribution is 6.31. The smallest absolute Gasteiger partial charge is 0.0453 e. The quantitative estimate of drug-likeness (QED) is 0.812. The molecule has 0 heterocycles. The molecule has 1 aromatic carbocycles. The van der Waals surface area contributed by atoms with Crippen molar-refractivity contribution in [3.8, 4) is 0 Å². The lowest BCUT2D eigenvalue weighted by molar-refractivity contribution is 0.567. The summed E-state index contributed by atoms with van der Waals surface area (Å²) in [6, 6.07) is 8.04. The van der Waals surface area contributed by atoms with Gasteiger partial charge in [0.25, 0.3) is 0 Å². The summed E-state index contributed by atoms with van der Waals surface area (Å²) in [5.74, 6) is 1.47. The molecule has 2 rings (SSSR count). The van der Waals surface area contributed by atoms with Gasteiger partial charge in [0, 0.05) is 11.1 Å². The van der Waals surface area contributed by atoms with Gasteiger partial charge in [-0.05, 0) is 29.9 Å². The molecule has 1 unspecified atom stereocenters. The van der Waals surface area contributed by atoms with Crippen LogP contribution in [0.4, 0.5) is 0 Å². The Bertz CT molecular complexity index is 324. The van der Waals surface area contributed by atoms with Gasteiger partial charge in [0.15, 0.2) is 0 Å². The van der Waals surface area contributed by atoms with Crippen LogP contribution in [0, 0.1) is 11.8 Å². The molecule has 1 aliphatic carbocycles. The predicted octanol–water partition coefficient (Wildman–Crippen LogP) is 3.39. The highest BCUT2D eigenvalue weighted by Gasteiger charge is 2.40. The van der Waals surface area contributed by atoms with Crippen LogP contribution in [-0.4, -0.2) is 0 Å². The molecule has 0 saturated heterocycles. The third-order valence-electron chi connectivity index (χ3n) is 3.23. The van der Waals surface area contributed by atoms with Crippen molar-refractivity contribution in [3.05, 3.63) is 34.9 Å². The van der Waals surface area contributed by atoms with Gasteiger partial charge in [0.2, 0.25) is 0 Å². The monoisotopic (exact) mass is 209 g/mol. The minimum Gasteiger partial charge on any atom is -0.324 e. The molecule has 1 saturated carbocycles. The highest BCUT2D eigenvalue weighted by atomic mass is 35.5. The number of hydrogen-bond donors (Lipinski definition) is 1. The van der Waals surface area contributed by atoms with Gasteiger partial charge in [-0.25, -0.2) is 0 Å². The summed E-state index contributed by atoms with van der Waals surface area (Å²) in [6.07, 6.45) is 2.51. The van der Waals surface area contributed by atoms with E-state index in [1.807, 2.05) is 24.3 Å². The van der Waals surface area contributed by atoms with Gasteiger partial charge in [-0.1, -0.05) is 43.1 Å². The first kappa shape index (κ1) is 10.0. The van der Waals surface area contributed by atoms with Crippen molar-refractivity contribution < 1.29 is 0 Å². The molecular formula is C12H16ClN. The fourth-order valence-corrected chi connectivity index (χ4v) is 2.42. The number of benzene rings is 1. The van der Waals surface area contributed by atoms with Gasteiger partial charge in [-0.3, -0.25) is 0 Å². The zero-order valence-corrected chi connectivity index (χ0v) is 9.17. The normalized spacial score (nSPS) is 27.4. The van der Waals surface area contributed by atoms with E-state index in [0.29, 0.717) is 5.92 Å². The predicted molar refractivity (Wildman–Crippen MR) is 60.3 cm³/mol. The van der Waals surface area contributed by atoms with Crippen LogP contribution in [0.5, 0.6) is 0 Å². The topological polar surface area (TPSA) is 26.0 Å². The average Bonchev–Trinajstić information content (AvgIpc) is 2.96. The Balaban J connectivity index is 2.12. The fourth-order valence-electron chi connectivity index (χ4n) is 2.16. The summed E-state index contributed by atoms with van der Waals surface area (Å²) >= 11 is 6.10. The van der Waals surface area contributed by atoms with Crippen molar-refractivity contribution in [3.63, 3.8) is 0 Å². The van der Waals surface area contributed by atoms with Crippen LogP contribution >= 0.6 is 11.6 Å². The molecule has 1 aromatic rings. The molecule has 0 amide bonds. The maximum absolute atomic E-state index is 6.18. The van der Waals surface area contributed by atoms with Crippen molar-refractivity contribution in [1.29, 1.82) is 0 Å². The van der Waals surface area contributed by atoms with Gasteiger partial charge in [-0.15, -0.1) is 0 Å². The molecule has 0 spiro atoms. The summed E-state index contributed by atoms with van der Waals surface area (Å²) in [5.41, 5.74) is 7.29. The van der Waals surface area contributed by atoms with Gasteiger partial charge in [0.05, 0.1) is 0 Å². The van der Waals surface area contributed by atoms with E-state index in [1.54, 1.807) is 0 Å². The van der Waals surface area contributed by atoms with Crippen LogP contribution in [0.25, 0.3) is 0 Å². The van der Waals surface area contributed by atoms with E-state index >= 15 is 0 Å². The van der Waals surface area contributed by atoms with E-state index in [4.69, 9.17) is 17.3 Å². The van der Waals surface area contributed by atoms with Crippen molar-refractivity contribution >= 4 is 11.6 Å². The standard InChI is InChI=1S/C12H16ClN/c1-2-8-7-10(8)12(14)9-5-3-4-6-11(9)13/h3-6,8,10,12H,2,7,14H2,1H3/t8-,10-,12?/m1/s1. The lowest BCUT2D eigenvalue weighted by Crippen LogP contribution is -2.14. The zero-order chi connectivity index (χ0) is 10.1. The average molecular weight is 210 g/mol. The Morgan fingerprint density at radius 2 is 2.21 bits per heavy atom. The molecule has 0 radical (unpaired) electrons. The summed E-state index contributed by atoms with van der Waals surface area (Å²) in [4.78, 5) is 0. The first-order valence-electron chi connectivity index (χ1n) is 5.24. The summed E-state index contributed by atoms with van der Waals surface area (Å²) in [5, 5.41) is 0.807. The molecule has 0 bridgehead atoms. The number of halogens is 1. The van der Waals surface area contributed by atoms with Crippen LogP contribution < -0.4 is 5.73 Å². The molecule has 1 aliphatic rings. The molecule has 76 valence electrons. The van der Waals surface area contributed by atoms with E-state index < -0.39 is 0 Å². The Labute approximate surface area is 90.3 Å². The molecule has 14 heavy (non-hydrogen) atoms. The van der Waals surface area contributed by atoms with Crippen LogP contribution in [0.3, 0.4) is 0 Å². The lowest BCUT2D eigenvalue weighted by Gasteiger charge is -2.13. The number of rotatable bonds is 3. The van der Waals surface area contributed by atoms with Gasteiger partial charge in [0.1, 0.15) is 0 Å². The first-order valence-corrected chi connectivity index (χ1v) is 5.61. The Kier molecular flexibility index (Phi) is 2.80. The maximum atomic E-state index is 6.18. The van der Waals surface area contributed by atoms with Gasteiger partial charge < -0.3 is 5.73 Å². The van der Waals surface area contributed by atoms with E-state index in [2.05, 4.69) is 6.92 Å². The van der Waals surface area contributed by atoms with Crippen LogP contribution in [0.2, 0.25) is 5.02 Å². The van der Waals surface area contributed by atoms with E-state index in [0.717, 1.165) is 16.5 Å². The van der Waals surface area contributed by atoms with Crippen molar-refractivity contribution in [2.45, 2.75) is 25.8 Å². The second kappa shape index (κ2) is 3.92. The van der Waals surface area contributed by atoms with Gasteiger partial charge in [-0.2, -0.15) is 0 Å². The molecule has 0 aliphatic heterocycles. The molecule has 2 N–H and O–H groups in total. The van der Waals surface area contributed by atoms with Crippen molar-refractivity contribution in [2.24, 2.45) is 17.6 Å². The van der Waals surface area contributed by atoms with Gasteiger partial charge >= 0.3 is 0 Å². The molecule has 3 atom stereocenters. The first-order chi connectivity index (χ1) is 6.74. The van der Waals surface area contributed by atoms with Crippen LogP contribution in [-0.2, 0) is 0 Å². The molecule has 1 fully saturated rings. The molecule has 0 aromatic heterocycles. The Hall–Kier alpha value is -0.530. The van der Waals surface area contributed by atoms with Crippen molar-refractivity contribution in [2.75, 3.05) is 0 Å². The zero-order valence-electron chi connectivity index (χ0n) is 8.41. The highest BCUT2D eigenvalue weighted by Crippen LogP contribution is 2.48. The largest absolute Gasteiger partial charge is 0.324 e. The Morgan fingerprint density at radius 3 is 2.79 bits per heavy atom. The maximum Gasteiger partial charge on any atom is 0.0453 e. The second-order valence-electron chi connectivity index (χ2n) is 4.12. The third-order valence-corrected chi connectivity index (χ3v) is 3.57. The lowest BCUT2D eigenvalue weighted by atomic mass is 10.0. The summed E-state index contributed by atoms with van der Waals surface area (Å²) in [7, 11) is 0. The van der Waals surface area contributed by atoms with E-state index in [1.165, 1.54) is 12.8 Å². The summed E-state index contributed by atoms with van der Waals surface area (Å²) in [6.45, 7) is 2.23. The minimum atomic E-state index is 0.133. The number of nitrogens with two attached hydrogens (primary N) is 1. The van der Waals surface area contributed by atoms with Crippen molar-refractivity contribution in [1.82, 2.24) is 0 Å². The van der Waals surface area contributed by atoms with Crippen LogP contribution in [0.15, 0.2) is 24.3 Å². The Morgan fingerprint density at radius 1 is 1.50 bits per heavy atom. The number of hydrogen-bond acceptors (Lipinski definition) is 1. The minimum absolute atomic E-state index is 0.133. The second-order valence-corrected chi connectivity index (χ2v) is 4.52. The fraction of sp³-hybridized carbons (Fsp3) is 0.500. The SMILES string of the molecule is CC[C@@H]1C[C@H]1C(N)c1ccccc1Cl. The molecule has 2 heteroatoms. The van der Waals surface area contributed by atoms with Crippen LogP contribution in [0.1, 0.15) is 31.4 Å². The van der Waals surface area contributed by atoms with E-state index in [9.17, 15) is 0 Å². The molecule has 1 nitrogen and oxygen atoms in total. The third kappa shape index (κ3) is 1.79. The summed E-state index contributed by atoms with van der Waals surface area (Å²) < 4.78 is 0. The van der Waals surface area contributed by atoms with E-state index in [-0.39, 0.29) is 6.04 Å². The molecular weight excluding hydrogens is 194 g/mol.